The summed E-state index contributed by atoms with van der Waals surface area (Å²) in [6.07, 6.45) is 0.229. The molecule has 0 spiro atoms. The number of rotatable bonds is 4. The van der Waals surface area contributed by atoms with Crippen LogP contribution in [-0.2, 0) is 11.3 Å². The molecule has 10 heteroatoms. The van der Waals surface area contributed by atoms with Crippen LogP contribution >= 0.6 is 27.3 Å². The standard InChI is InChI=1S/C27H20BrF2N3O3S/c1-27(30)13-33(14-27)22(35)12-32-15-31-25-24(26(32)36)23(17-7-8-19(29)18(28)11-17)21(37-25)10-9-20(34)16-5-3-2-4-6-16/h2-8,11,15,20,34H,12-14H2,1H3. The second kappa shape index (κ2) is 9.82. The molecule has 0 aliphatic carbocycles. The van der Waals surface area contributed by atoms with Crippen LogP contribution in [0.4, 0.5) is 8.78 Å². The molecule has 6 nitrogen and oxygen atoms in total. The fourth-order valence-corrected chi connectivity index (χ4v) is 5.57. The fraction of sp³-hybridized carbons (Fsp3) is 0.222. The number of aliphatic hydroxyl groups excluding tert-OH is 1. The Morgan fingerprint density at radius 3 is 2.68 bits per heavy atom. The Balaban J connectivity index is 1.60. The van der Waals surface area contributed by atoms with Gasteiger partial charge in [0, 0.05) is 5.56 Å². The number of aromatic nitrogens is 2. The first-order chi connectivity index (χ1) is 17.6. The fourth-order valence-electron chi connectivity index (χ4n) is 4.18. The third-order valence-corrected chi connectivity index (χ3v) is 7.65. The summed E-state index contributed by atoms with van der Waals surface area (Å²) in [7, 11) is 0. The highest BCUT2D eigenvalue weighted by molar-refractivity contribution is 9.10. The van der Waals surface area contributed by atoms with Crippen molar-refractivity contribution in [2.75, 3.05) is 13.1 Å². The molecule has 0 saturated carbocycles. The molecule has 1 aliphatic rings. The number of benzene rings is 2. The van der Waals surface area contributed by atoms with Crippen LogP contribution < -0.4 is 5.56 Å². The number of carbonyl (C=O) groups is 1. The third kappa shape index (κ3) is 5.07. The second-order valence-electron chi connectivity index (χ2n) is 9.04. The number of nitrogens with zero attached hydrogens (tertiary/aromatic N) is 3. The lowest BCUT2D eigenvalue weighted by atomic mass is 9.99. The molecule has 188 valence electrons. The molecule has 4 aromatic rings. The second-order valence-corrected chi connectivity index (χ2v) is 10.9. The lowest BCUT2D eigenvalue weighted by molar-refractivity contribution is -0.144. The number of hydrogen-bond acceptors (Lipinski definition) is 5. The molecule has 5 rings (SSSR count). The molecular formula is C27H20BrF2N3O3S. The number of likely N-dealkylation sites (tertiary alicyclic amines) is 1. The summed E-state index contributed by atoms with van der Waals surface area (Å²) >= 11 is 4.36. The average Bonchev–Trinajstić information content (AvgIpc) is 3.24. The van der Waals surface area contributed by atoms with Gasteiger partial charge in [-0.05, 0) is 46.1 Å². The Morgan fingerprint density at radius 2 is 2.00 bits per heavy atom. The van der Waals surface area contributed by atoms with E-state index in [9.17, 15) is 23.5 Å². The largest absolute Gasteiger partial charge is 0.376 e. The van der Waals surface area contributed by atoms with Crippen LogP contribution in [0, 0.1) is 17.7 Å². The third-order valence-electron chi connectivity index (χ3n) is 6.02. The van der Waals surface area contributed by atoms with Crippen LogP contribution in [0.5, 0.6) is 0 Å². The molecular weight excluding hydrogens is 564 g/mol. The van der Waals surface area contributed by atoms with Gasteiger partial charge in [0.15, 0.2) is 0 Å². The zero-order valence-electron chi connectivity index (χ0n) is 19.5. The molecule has 1 N–H and O–H groups in total. The van der Waals surface area contributed by atoms with E-state index in [1.54, 1.807) is 30.3 Å². The molecule has 2 aromatic carbocycles. The molecule has 1 unspecified atom stereocenters. The van der Waals surface area contributed by atoms with Gasteiger partial charge in [-0.3, -0.25) is 14.2 Å². The Morgan fingerprint density at radius 1 is 1.27 bits per heavy atom. The van der Waals surface area contributed by atoms with Crippen molar-refractivity contribution >= 4 is 43.4 Å². The minimum absolute atomic E-state index is 0.0208. The van der Waals surface area contributed by atoms with E-state index >= 15 is 0 Å². The van der Waals surface area contributed by atoms with Crippen LogP contribution in [0.1, 0.15) is 23.5 Å². The van der Waals surface area contributed by atoms with Gasteiger partial charge in [-0.15, -0.1) is 11.3 Å². The molecule has 0 bridgehead atoms. The average molecular weight is 584 g/mol. The predicted molar refractivity (Wildman–Crippen MR) is 141 cm³/mol. The summed E-state index contributed by atoms with van der Waals surface area (Å²) < 4.78 is 29.2. The van der Waals surface area contributed by atoms with Crippen LogP contribution in [0.25, 0.3) is 21.3 Å². The number of aliphatic hydroxyl groups is 1. The normalized spacial score (nSPS) is 15.1. The van der Waals surface area contributed by atoms with E-state index < -0.39 is 23.1 Å². The van der Waals surface area contributed by atoms with Crippen molar-refractivity contribution in [3.8, 4) is 23.0 Å². The summed E-state index contributed by atoms with van der Waals surface area (Å²) in [6, 6.07) is 13.3. The molecule has 1 aliphatic heterocycles. The number of halogens is 3. The maximum absolute atomic E-state index is 14.0. The van der Waals surface area contributed by atoms with Crippen molar-refractivity contribution in [3.63, 3.8) is 0 Å². The molecule has 37 heavy (non-hydrogen) atoms. The minimum atomic E-state index is -1.42. The number of thiophene rings is 1. The van der Waals surface area contributed by atoms with E-state index in [2.05, 4.69) is 32.8 Å². The molecule has 3 heterocycles. The minimum Gasteiger partial charge on any atom is -0.376 e. The van der Waals surface area contributed by atoms with Gasteiger partial charge in [0.1, 0.15) is 29.0 Å². The Kier molecular flexibility index (Phi) is 6.70. The smallest absolute Gasteiger partial charge is 0.263 e. The highest BCUT2D eigenvalue weighted by Gasteiger charge is 2.41. The first-order valence-electron chi connectivity index (χ1n) is 11.3. The van der Waals surface area contributed by atoms with Crippen LogP contribution in [0.2, 0.25) is 0 Å². The van der Waals surface area contributed by atoms with E-state index in [-0.39, 0.29) is 35.4 Å². The SMILES string of the molecule is CC1(F)CN(C(=O)Cn2cnc3sc(C#CC(O)c4ccccc4)c(-c4ccc(F)c(Br)c4)c3c2=O)C1. The quantitative estimate of drug-likeness (QED) is 0.354. The summed E-state index contributed by atoms with van der Waals surface area (Å²) in [5.41, 5.74) is -0.302. The van der Waals surface area contributed by atoms with Gasteiger partial charge >= 0.3 is 0 Å². The first-order valence-corrected chi connectivity index (χ1v) is 12.9. The van der Waals surface area contributed by atoms with E-state index in [0.29, 0.717) is 26.4 Å². The van der Waals surface area contributed by atoms with Crippen molar-refractivity contribution in [1.29, 1.82) is 0 Å². The van der Waals surface area contributed by atoms with Gasteiger partial charge < -0.3 is 10.0 Å². The van der Waals surface area contributed by atoms with Crippen molar-refractivity contribution < 1.29 is 18.7 Å². The van der Waals surface area contributed by atoms with Crippen molar-refractivity contribution in [2.24, 2.45) is 0 Å². The number of amides is 1. The summed E-state index contributed by atoms with van der Waals surface area (Å²) in [5.74, 6) is 4.93. The zero-order chi connectivity index (χ0) is 26.3. The number of carbonyl (C=O) groups excluding carboxylic acids is 1. The highest BCUT2D eigenvalue weighted by atomic mass is 79.9. The van der Waals surface area contributed by atoms with Crippen LogP contribution in [0.3, 0.4) is 0 Å². The molecule has 0 radical (unpaired) electrons. The van der Waals surface area contributed by atoms with Gasteiger partial charge in [-0.2, -0.15) is 0 Å². The maximum atomic E-state index is 14.0. The lowest BCUT2D eigenvalue weighted by Gasteiger charge is -2.42. The Bertz CT molecular complexity index is 1630. The highest BCUT2D eigenvalue weighted by Crippen LogP contribution is 2.37. The molecule has 1 atom stereocenters. The Hall–Kier alpha value is -3.39. The number of hydrogen-bond donors (Lipinski definition) is 1. The van der Waals surface area contributed by atoms with Gasteiger partial charge in [0.2, 0.25) is 5.91 Å². The van der Waals surface area contributed by atoms with Crippen LogP contribution in [0.15, 0.2) is 64.1 Å². The molecule has 2 aromatic heterocycles. The predicted octanol–water partition coefficient (Wildman–Crippen LogP) is 4.68. The Labute approximate surface area is 223 Å². The molecule has 1 saturated heterocycles. The van der Waals surface area contributed by atoms with E-state index in [0.717, 1.165) is 0 Å². The summed E-state index contributed by atoms with van der Waals surface area (Å²) in [6.45, 7) is 1.10. The van der Waals surface area contributed by atoms with E-state index in [4.69, 9.17) is 0 Å². The van der Waals surface area contributed by atoms with Gasteiger partial charge in [-0.1, -0.05) is 48.2 Å². The lowest BCUT2D eigenvalue weighted by Crippen LogP contribution is -2.60. The van der Waals surface area contributed by atoms with E-state index in [1.165, 1.54) is 46.2 Å². The number of fused-ring (bicyclic) bond motifs is 1. The van der Waals surface area contributed by atoms with Crippen LogP contribution in [-0.4, -0.2) is 44.2 Å². The molecule has 1 fully saturated rings. The van der Waals surface area contributed by atoms with E-state index in [1.807, 2.05) is 6.07 Å². The number of alkyl halides is 1. The van der Waals surface area contributed by atoms with Gasteiger partial charge in [0.05, 0.1) is 34.2 Å². The zero-order valence-corrected chi connectivity index (χ0v) is 21.9. The summed E-state index contributed by atoms with van der Waals surface area (Å²) in [4.78, 5) is 32.7. The monoisotopic (exact) mass is 583 g/mol. The first kappa shape index (κ1) is 25.3. The summed E-state index contributed by atoms with van der Waals surface area (Å²) in [5, 5.41) is 10.8. The van der Waals surface area contributed by atoms with Gasteiger partial charge in [0.25, 0.3) is 5.56 Å². The maximum Gasteiger partial charge on any atom is 0.263 e. The van der Waals surface area contributed by atoms with Crippen molar-refractivity contribution in [2.45, 2.75) is 25.2 Å². The molecule has 1 amide bonds. The topological polar surface area (TPSA) is 75.4 Å². The van der Waals surface area contributed by atoms with Crippen molar-refractivity contribution in [1.82, 2.24) is 14.5 Å². The van der Waals surface area contributed by atoms with Gasteiger partial charge in [-0.25, -0.2) is 13.8 Å². The van der Waals surface area contributed by atoms with Crippen molar-refractivity contribution in [3.05, 3.63) is 85.9 Å².